The van der Waals surface area contributed by atoms with Gasteiger partial charge in [0.2, 0.25) is 0 Å². The first-order valence-electron chi connectivity index (χ1n) is 7.95. The lowest BCUT2D eigenvalue weighted by Crippen LogP contribution is -2.19. The highest BCUT2D eigenvalue weighted by atomic mass is 35.5. The van der Waals surface area contributed by atoms with Gasteiger partial charge in [-0.15, -0.1) is 0 Å². The van der Waals surface area contributed by atoms with Crippen molar-refractivity contribution in [1.82, 2.24) is 15.4 Å². The summed E-state index contributed by atoms with van der Waals surface area (Å²) in [5.41, 5.74) is 4.95. The summed E-state index contributed by atoms with van der Waals surface area (Å²) in [6.45, 7) is 0. The van der Waals surface area contributed by atoms with Gasteiger partial charge in [0.15, 0.2) is 0 Å². The van der Waals surface area contributed by atoms with E-state index < -0.39 is 5.91 Å². The van der Waals surface area contributed by atoms with Crippen LogP contribution in [0, 0.1) is 0 Å². The van der Waals surface area contributed by atoms with Crippen molar-refractivity contribution in [3.8, 4) is 0 Å². The number of nitrogens with zero attached hydrogens (tertiary/aromatic N) is 3. The number of halogens is 1. The van der Waals surface area contributed by atoms with Crippen LogP contribution in [-0.2, 0) is 0 Å². The predicted octanol–water partition coefficient (Wildman–Crippen LogP) is 4.20. The Kier molecular flexibility index (Phi) is 4.29. The van der Waals surface area contributed by atoms with E-state index >= 15 is 0 Å². The zero-order valence-electron chi connectivity index (χ0n) is 13.6. The Balaban J connectivity index is 1.54. The molecule has 4 aromatic rings. The van der Waals surface area contributed by atoms with Crippen LogP contribution >= 0.6 is 11.6 Å². The van der Waals surface area contributed by atoms with Gasteiger partial charge in [0.25, 0.3) is 5.91 Å². The number of hydrogen-bond acceptors (Lipinski definition) is 4. The quantitative estimate of drug-likeness (QED) is 0.338. The highest BCUT2D eigenvalue weighted by Crippen LogP contribution is 2.19. The number of benzene rings is 2. The summed E-state index contributed by atoms with van der Waals surface area (Å²) in [6, 6.07) is 20.6. The van der Waals surface area contributed by atoms with E-state index in [9.17, 15) is 4.79 Å². The molecule has 126 valence electrons. The van der Waals surface area contributed by atoms with Crippen molar-refractivity contribution in [2.75, 3.05) is 0 Å². The molecule has 0 saturated heterocycles. The summed E-state index contributed by atoms with van der Waals surface area (Å²) < 4.78 is 0. The van der Waals surface area contributed by atoms with Gasteiger partial charge in [0.1, 0.15) is 10.8 Å². The van der Waals surface area contributed by atoms with E-state index in [1.807, 2.05) is 60.7 Å². The highest BCUT2D eigenvalue weighted by Gasteiger charge is 2.07. The molecule has 0 fully saturated rings. The van der Waals surface area contributed by atoms with Crippen LogP contribution in [0.4, 0.5) is 0 Å². The van der Waals surface area contributed by atoms with Crippen LogP contribution in [0.3, 0.4) is 0 Å². The summed E-state index contributed by atoms with van der Waals surface area (Å²) in [5, 5.41) is 6.22. The van der Waals surface area contributed by atoms with Crippen molar-refractivity contribution < 1.29 is 4.79 Å². The van der Waals surface area contributed by atoms with Gasteiger partial charge >= 0.3 is 0 Å². The van der Waals surface area contributed by atoms with E-state index in [1.165, 1.54) is 6.21 Å². The summed E-state index contributed by atoms with van der Waals surface area (Å²) in [5.74, 6) is -0.392. The first-order valence-corrected chi connectivity index (χ1v) is 8.33. The minimum atomic E-state index is -0.392. The minimum Gasteiger partial charge on any atom is -0.266 e. The van der Waals surface area contributed by atoms with Gasteiger partial charge < -0.3 is 0 Å². The Morgan fingerprint density at radius 1 is 0.923 bits per heavy atom. The van der Waals surface area contributed by atoms with E-state index in [4.69, 9.17) is 11.6 Å². The van der Waals surface area contributed by atoms with Crippen LogP contribution in [0.5, 0.6) is 0 Å². The molecule has 1 N–H and O–H groups in total. The second-order valence-corrected chi connectivity index (χ2v) is 6.01. The molecule has 1 amide bonds. The lowest BCUT2D eigenvalue weighted by atomic mass is 10.2. The number of hydrogen-bond donors (Lipinski definition) is 1. The maximum Gasteiger partial charge on any atom is 0.289 e. The first-order chi connectivity index (χ1) is 12.7. The lowest BCUT2D eigenvalue weighted by molar-refractivity contribution is 0.0950. The van der Waals surface area contributed by atoms with Crippen molar-refractivity contribution in [1.29, 1.82) is 0 Å². The molecule has 0 atom stereocenters. The fraction of sp³-hybridized carbons (Fsp3) is 0. The third kappa shape index (κ3) is 3.25. The largest absolute Gasteiger partial charge is 0.289 e. The molecule has 0 unspecified atom stereocenters. The van der Waals surface area contributed by atoms with Crippen LogP contribution in [0.1, 0.15) is 16.1 Å². The van der Waals surface area contributed by atoms with Gasteiger partial charge in [-0.2, -0.15) is 5.10 Å². The molecule has 2 aromatic carbocycles. The van der Waals surface area contributed by atoms with Crippen LogP contribution in [0.15, 0.2) is 71.8 Å². The van der Waals surface area contributed by atoms with Gasteiger partial charge in [-0.3, -0.25) is 4.79 Å². The Hall–Kier alpha value is -3.31. The third-order valence-electron chi connectivity index (χ3n) is 3.91. The Morgan fingerprint density at radius 2 is 1.62 bits per heavy atom. The summed E-state index contributed by atoms with van der Waals surface area (Å²) in [6.07, 6.45) is 1.47. The van der Waals surface area contributed by atoms with E-state index in [1.54, 1.807) is 6.07 Å². The molecular formula is C20H13ClN4O. The fourth-order valence-electron chi connectivity index (χ4n) is 2.61. The summed E-state index contributed by atoms with van der Waals surface area (Å²) in [7, 11) is 0. The Morgan fingerprint density at radius 3 is 2.42 bits per heavy atom. The number of fused-ring (bicyclic) bond motifs is 2. The standard InChI is InChI=1S/C20H13ClN4O/c21-19-15(11-14-6-2-4-8-17(14)24-19)12-22-25-20(26)18-10-9-13-5-1-3-7-16(13)23-18/h1-12H,(H,25,26)/b22-12+. The van der Waals surface area contributed by atoms with Crippen LogP contribution in [0.2, 0.25) is 5.15 Å². The van der Waals surface area contributed by atoms with Gasteiger partial charge in [0, 0.05) is 16.3 Å². The number of rotatable bonds is 3. The molecule has 26 heavy (non-hydrogen) atoms. The molecule has 0 radical (unpaired) electrons. The number of carbonyl (C=O) groups excluding carboxylic acids is 1. The van der Waals surface area contributed by atoms with E-state index in [0.29, 0.717) is 16.4 Å². The zero-order valence-corrected chi connectivity index (χ0v) is 14.3. The van der Waals surface area contributed by atoms with E-state index in [2.05, 4.69) is 20.5 Å². The van der Waals surface area contributed by atoms with Gasteiger partial charge in [-0.1, -0.05) is 54.1 Å². The number of carbonyl (C=O) groups is 1. The SMILES string of the molecule is O=C(N/N=C/c1cc2ccccc2nc1Cl)c1ccc2ccccc2n1. The summed E-state index contributed by atoms with van der Waals surface area (Å²) >= 11 is 6.17. The smallest absolute Gasteiger partial charge is 0.266 e. The predicted molar refractivity (Wildman–Crippen MR) is 104 cm³/mol. The molecule has 0 aliphatic rings. The second-order valence-electron chi connectivity index (χ2n) is 5.65. The molecule has 0 aliphatic heterocycles. The summed E-state index contributed by atoms with van der Waals surface area (Å²) in [4.78, 5) is 20.9. The van der Waals surface area contributed by atoms with Crippen molar-refractivity contribution in [3.63, 3.8) is 0 Å². The average Bonchev–Trinajstić information content (AvgIpc) is 2.68. The molecule has 2 aromatic heterocycles. The molecule has 2 heterocycles. The van der Waals surface area contributed by atoms with E-state index in [0.717, 1.165) is 21.8 Å². The molecule has 4 rings (SSSR count). The number of amides is 1. The molecule has 0 aliphatic carbocycles. The highest BCUT2D eigenvalue weighted by molar-refractivity contribution is 6.32. The third-order valence-corrected chi connectivity index (χ3v) is 4.21. The Bertz CT molecular complexity index is 1160. The number of para-hydroxylation sites is 2. The van der Waals surface area contributed by atoms with E-state index in [-0.39, 0.29) is 0 Å². The van der Waals surface area contributed by atoms with Crippen LogP contribution in [0.25, 0.3) is 21.8 Å². The fourth-order valence-corrected chi connectivity index (χ4v) is 2.80. The lowest BCUT2D eigenvalue weighted by Gasteiger charge is -2.03. The molecular weight excluding hydrogens is 348 g/mol. The van der Waals surface area contributed by atoms with Gasteiger partial charge in [0.05, 0.1) is 17.2 Å². The second kappa shape index (κ2) is 6.90. The van der Waals surface area contributed by atoms with Crippen molar-refractivity contribution in [3.05, 3.63) is 83.1 Å². The maximum absolute atomic E-state index is 12.2. The maximum atomic E-state index is 12.2. The average molecular weight is 361 g/mol. The minimum absolute atomic E-state index is 0.295. The molecule has 0 bridgehead atoms. The van der Waals surface area contributed by atoms with Gasteiger partial charge in [-0.05, 0) is 24.3 Å². The molecule has 0 spiro atoms. The molecule has 0 saturated carbocycles. The Labute approximate surface area is 154 Å². The van der Waals surface area contributed by atoms with Crippen LogP contribution in [-0.4, -0.2) is 22.1 Å². The van der Waals surface area contributed by atoms with Crippen molar-refractivity contribution >= 4 is 45.5 Å². The van der Waals surface area contributed by atoms with Crippen LogP contribution < -0.4 is 5.43 Å². The van der Waals surface area contributed by atoms with Crippen molar-refractivity contribution in [2.45, 2.75) is 0 Å². The van der Waals surface area contributed by atoms with Gasteiger partial charge in [-0.25, -0.2) is 15.4 Å². The molecule has 5 nitrogen and oxygen atoms in total. The number of nitrogens with one attached hydrogen (secondary N) is 1. The number of hydrazone groups is 1. The first kappa shape index (κ1) is 16.2. The topological polar surface area (TPSA) is 67.2 Å². The monoisotopic (exact) mass is 360 g/mol. The zero-order chi connectivity index (χ0) is 17.9. The number of aromatic nitrogens is 2. The normalized spacial score (nSPS) is 11.3. The molecule has 6 heteroatoms. The number of pyridine rings is 2. The van der Waals surface area contributed by atoms with Crippen molar-refractivity contribution in [2.24, 2.45) is 5.10 Å².